The van der Waals surface area contributed by atoms with Gasteiger partial charge in [0.2, 0.25) is 5.91 Å². The van der Waals surface area contributed by atoms with Crippen LogP contribution in [-0.4, -0.2) is 24.9 Å². The van der Waals surface area contributed by atoms with E-state index in [0.29, 0.717) is 17.7 Å². The van der Waals surface area contributed by atoms with Gasteiger partial charge in [-0.1, -0.05) is 50.2 Å². The number of rotatable bonds is 7. The van der Waals surface area contributed by atoms with Gasteiger partial charge >= 0.3 is 0 Å². The van der Waals surface area contributed by atoms with Crippen LogP contribution in [0.2, 0.25) is 0 Å². The summed E-state index contributed by atoms with van der Waals surface area (Å²) in [7, 11) is 0. The molecule has 0 bridgehead atoms. The molecule has 0 spiro atoms. The summed E-state index contributed by atoms with van der Waals surface area (Å²) in [5, 5.41) is 5.57. The highest BCUT2D eigenvalue weighted by molar-refractivity contribution is 5.95. The molecule has 0 aliphatic carbocycles. The molecule has 0 heterocycles. The maximum atomic E-state index is 13.9. The molecule has 138 valence electrons. The number of hydrogen-bond donors (Lipinski definition) is 2. The maximum absolute atomic E-state index is 13.9. The van der Waals surface area contributed by atoms with E-state index in [1.165, 1.54) is 6.07 Å². The molecule has 0 aliphatic heterocycles. The van der Waals surface area contributed by atoms with Crippen molar-refractivity contribution in [2.45, 2.75) is 32.6 Å². The highest BCUT2D eigenvalue weighted by Crippen LogP contribution is 2.24. The topological polar surface area (TPSA) is 58.2 Å². The SMILES string of the molecule is Cc1ccccc1C(=O)NCCC(=O)NCC(C)(C)c1ccccc1F. The van der Waals surface area contributed by atoms with Gasteiger partial charge in [0.1, 0.15) is 5.82 Å². The van der Waals surface area contributed by atoms with E-state index in [1.807, 2.05) is 32.9 Å². The molecule has 0 aromatic heterocycles. The number of carbonyl (C=O) groups excluding carboxylic acids is 2. The molecule has 5 heteroatoms. The highest BCUT2D eigenvalue weighted by Gasteiger charge is 2.24. The van der Waals surface area contributed by atoms with E-state index >= 15 is 0 Å². The third kappa shape index (κ3) is 5.15. The van der Waals surface area contributed by atoms with E-state index < -0.39 is 5.41 Å². The van der Waals surface area contributed by atoms with Crippen molar-refractivity contribution in [3.8, 4) is 0 Å². The van der Waals surface area contributed by atoms with Crippen molar-refractivity contribution in [2.75, 3.05) is 13.1 Å². The third-order valence-electron chi connectivity index (χ3n) is 4.36. The van der Waals surface area contributed by atoms with Crippen molar-refractivity contribution < 1.29 is 14.0 Å². The number of carbonyl (C=O) groups is 2. The minimum absolute atomic E-state index is 0.172. The van der Waals surface area contributed by atoms with E-state index in [0.717, 1.165) is 5.56 Å². The lowest BCUT2D eigenvalue weighted by molar-refractivity contribution is -0.121. The first kappa shape index (κ1) is 19.6. The standard InChI is InChI=1S/C21H25FN2O2/c1-15-8-4-5-9-16(15)20(26)23-13-12-19(25)24-14-21(2,3)17-10-6-7-11-18(17)22/h4-11H,12-14H2,1-3H3,(H,23,26)(H,24,25). The Morgan fingerprint density at radius 1 is 1.00 bits per heavy atom. The van der Waals surface area contributed by atoms with E-state index in [4.69, 9.17) is 0 Å². The van der Waals surface area contributed by atoms with Gasteiger partial charge in [-0.2, -0.15) is 0 Å². The summed E-state index contributed by atoms with van der Waals surface area (Å²) in [5.41, 5.74) is 1.54. The van der Waals surface area contributed by atoms with Gasteiger partial charge in [0.05, 0.1) is 0 Å². The zero-order valence-corrected chi connectivity index (χ0v) is 15.4. The molecule has 0 fully saturated rings. The molecule has 0 aliphatic rings. The highest BCUT2D eigenvalue weighted by atomic mass is 19.1. The molecule has 4 nitrogen and oxygen atoms in total. The minimum Gasteiger partial charge on any atom is -0.355 e. The number of aryl methyl sites for hydroxylation is 1. The molecule has 2 rings (SSSR count). The van der Waals surface area contributed by atoms with Crippen molar-refractivity contribution >= 4 is 11.8 Å². The molecule has 2 aromatic carbocycles. The lowest BCUT2D eigenvalue weighted by Gasteiger charge is -2.26. The Hall–Kier alpha value is -2.69. The number of nitrogens with one attached hydrogen (secondary N) is 2. The number of amides is 2. The van der Waals surface area contributed by atoms with E-state index in [9.17, 15) is 14.0 Å². The average Bonchev–Trinajstić information content (AvgIpc) is 2.60. The molecule has 0 saturated carbocycles. The Balaban J connectivity index is 1.80. The molecular formula is C21H25FN2O2. The van der Waals surface area contributed by atoms with Gasteiger partial charge in [-0.25, -0.2) is 4.39 Å². The third-order valence-corrected chi connectivity index (χ3v) is 4.36. The van der Waals surface area contributed by atoms with Gasteiger partial charge in [0, 0.05) is 30.5 Å². The summed E-state index contributed by atoms with van der Waals surface area (Å²) in [6.07, 6.45) is 0.172. The van der Waals surface area contributed by atoms with Crippen LogP contribution in [0.15, 0.2) is 48.5 Å². The molecule has 2 aromatic rings. The average molecular weight is 356 g/mol. The van der Waals surface area contributed by atoms with Gasteiger partial charge in [-0.15, -0.1) is 0 Å². The van der Waals surface area contributed by atoms with E-state index in [1.54, 1.807) is 30.3 Å². The Morgan fingerprint density at radius 3 is 2.35 bits per heavy atom. The number of halogens is 1. The van der Waals surface area contributed by atoms with Gasteiger partial charge in [0.15, 0.2) is 0 Å². The first-order chi connectivity index (χ1) is 12.3. The first-order valence-electron chi connectivity index (χ1n) is 8.67. The lowest BCUT2D eigenvalue weighted by atomic mass is 9.84. The summed E-state index contributed by atoms with van der Waals surface area (Å²) in [4.78, 5) is 24.1. The largest absolute Gasteiger partial charge is 0.355 e. The normalized spacial score (nSPS) is 11.1. The molecule has 0 atom stereocenters. The number of benzene rings is 2. The first-order valence-corrected chi connectivity index (χ1v) is 8.67. The van der Waals surface area contributed by atoms with Crippen LogP contribution in [0.25, 0.3) is 0 Å². The minimum atomic E-state index is -0.522. The van der Waals surface area contributed by atoms with Crippen LogP contribution < -0.4 is 10.6 Å². The molecule has 2 N–H and O–H groups in total. The predicted octanol–water partition coefficient (Wildman–Crippen LogP) is 3.35. The smallest absolute Gasteiger partial charge is 0.251 e. The molecular weight excluding hydrogens is 331 g/mol. The van der Waals surface area contributed by atoms with Crippen molar-refractivity contribution in [2.24, 2.45) is 0 Å². The maximum Gasteiger partial charge on any atom is 0.251 e. The molecule has 2 amide bonds. The van der Waals surface area contributed by atoms with Crippen molar-refractivity contribution in [1.29, 1.82) is 0 Å². The summed E-state index contributed by atoms with van der Waals surface area (Å²) in [5.74, 6) is -0.653. The Kier molecular flexibility index (Phi) is 6.50. The Labute approximate surface area is 153 Å². The van der Waals surface area contributed by atoms with Gasteiger partial charge in [-0.3, -0.25) is 9.59 Å². The van der Waals surface area contributed by atoms with Crippen LogP contribution in [0.1, 0.15) is 41.8 Å². The van der Waals surface area contributed by atoms with Crippen LogP contribution in [0.3, 0.4) is 0 Å². The van der Waals surface area contributed by atoms with Crippen LogP contribution in [0, 0.1) is 12.7 Å². The molecule has 0 unspecified atom stereocenters. The number of hydrogen-bond acceptors (Lipinski definition) is 2. The fourth-order valence-corrected chi connectivity index (χ4v) is 2.73. The van der Waals surface area contributed by atoms with Crippen molar-refractivity contribution in [3.05, 3.63) is 71.0 Å². The second-order valence-electron chi connectivity index (χ2n) is 6.96. The predicted molar refractivity (Wildman–Crippen MR) is 101 cm³/mol. The second-order valence-corrected chi connectivity index (χ2v) is 6.96. The van der Waals surface area contributed by atoms with Crippen LogP contribution >= 0.6 is 0 Å². The van der Waals surface area contributed by atoms with Crippen LogP contribution in [0.4, 0.5) is 4.39 Å². The van der Waals surface area contributed by atoms with E-state index in [2.05, 4.69) is 10.6 Å². The van der Waals surface area contributed by atoms with Gasteiger partial charge < -0.3 is 10.6 Å². The fraction of sp³-hybridized carbons (Fsp3) is 0.333. The summed E-state index contributed by atoms with van der Waals surface area (Å²) >= 11 is 0. The van der Waals surface area contributed by atoms with Gasteiger partial charge in [-0.05, 0) is 30.2 Å². The summed E-state index contributed by atoms with van der Waals surface area (Å²) in [6, 6.07) is 13.9. The Bertz CT molecular complexity index is 787. The molecule has 0 radical (unpaired) electrons. The zero-order chi connectivity index (χ0) is 19.2. The van der Waals surface area contributed by atoms with Crippen molar-refractivity contribution in [3.63, 3.8) is 0 Å². The lowest BCUT2D eigenvalue weighted by Crippen LogP contribution is -2.38. The fourth-order valence-electron chi connectivity index (χ4n) is 2.73. The second kappa shape index (κ2) is 8.61. The quantitative estimate of drug-likeness (QED) is 0.799. The summed E-state index contributed by atoms with van der Waals surface area (Å²) < 4.78 is 13.9. The molecule has 0 saturated heterocycles. The van der Waals surface area contributed by atoms with Crippen molar-refractivity contribution in [1.82, 2.24) is 10.6 Å². The van der Waals surface area contributed by atoms with E-state index in [-0.39, 0.29) is 30.6 Å². The summed E-state index contributed by atoms with van der Waals surface area (Å²) in [6.45, 7) is 6.20. The van der Waals surface area contributed by atoms with Crippen LogP contribution in [0.5, 0.6) is 0 Å². The Morgan fingerprint density at radius 2 is 1.65 bits per heavy atom. The monoisotopic (exact) mass is 356 g/mol. The van der Waals surface area contributed by atoms with Crippen LogP contribution in [-0.2, 0) is 10.2 Å². The zero-order valence-electron chi connectivity index (χ0n) is 15.4. The molecule has 26 heavy (non-hydrogen) atoms. The van der Waals surface area contributed by atoms with Gasteiger partial charge in [0.25, 0.3) is 5.91 Å².